The number of ketones is 1. The van der Waals surface area contributed by atoms with Crippen LogP contribution in [0.15, 0.2) is 18.2 Å². The molecular formula is C12H15NO3. The summed E-state index contributed by atoms with van der Waals surface area (Å²) in [5.41, 5.74) is 7.50. The molecule has 2 N–H and O–H groups in total. The monoisotopic (exact) mass is 221 g/mol. The molecule has 0 saturated carbocycles. The maximum absolute atomic E-state index is 11.5. The Labute approximate surface area is 94.4 Å². The Balaban J connectivity index is 3.27. The largest absolute Gasteiger partial charge is 0.465 e. The molecule has 0 heterocycles. The van der Waals surface area contributed by atoms with Gasteiger partial charge in [0.25, 0.3) is 0 Å². The Morgan fingerprint density at radius 2 is 2.00 bits per heavy atom. The normalized spacial score (nSPS) is 12.0. The van der Waals surface area contributed by atoms with E-state index in [1.54, 1.807) is 12.1 Å². The van der Waals surface area contributed by atoms with Crippen molar-refractivity contribution >= 4 is 11.8 Å². The van der Waals surface area contributed by atoms with Crippen LogP contribution in [0, 0.1) is 6.92 Å². The van der Waals surface area contributed by atoms with Crippen LogP contribution in [0.2, 0.25) is 0 Å². The maximum atomic E-state index is 11.5. The van der Waals surface area contributed by atoms with E-state index >= 15 is 0 Å². The van der Waals surface area contributed by atoms with E-state index in [9.17, 15) is 9.59 Å². The molecule has 0 aliphatic carbocycles. The van der Waals surface area contributed by atoms with Crippen LogP contribution in [0.5, 0.6) is 0 Å². The van der Waals surface area contributed by atoms with E-state index in [2.05, 4.69) is 4.74 Å². The lowest BCUT2D eigenvalue weighted by Gasteiger charge is -2.13. The second kappa shape index (κ2) is 4.90. The van der Waals surface area contributed by atoms with E-state index in [0.29, 0.717) is 11.1 Å². The summed E-state index contributed by atoms with van der Waals surface area (Å²) in [5.74, 6) is -0.663. The topological polar surface area (TPSA) is 69.4 Å². The SMILES string of the molecule is COC(=O)c1cc(C)ccc1C(N)C(C)=O. The molecule has 0 fully saturated rings. The second-order valence-electron chi connectivity index (χ2n) is 3.67. The maximum Gasteiger partial charge on any atom is 0.338 e. The van der Waals surface area contributed by atoms with Crippen LogP contribution in [-0.4, -0.2) is 18.9 Å². The van der Waals surface area contributed by atoms with Gasteiger partial charge in [-0.05, 0) is 25.5 Å². The first-order valence-electron chi connectivity index (χ1n) is 4.92. The summed E-state index contributed by atoms with van der Waals surface area (Å²) in [5, 5.41) is 0. The van der Waals surface area contributed by atoms with Crippen molar-refractivity contribution in [3.8, 4) is 0 Å². The zero-order chi connectivity index (χ0) is 12.3. The van der Waals surface area contributed by atoms with E-state index in [0.717, 1.165) is 5.56 Å². The Kier molecular flexibility index (Phi) is 3.79. The molecule has 0 spiro atoms. The number of nitrogens with two attached hydrogens (primary N) is 1. The number of carbonyl (C=O) groups excluding carboxylic acids is 2. The first-order chi connectivity index (χ1) is 7.47. The first kappa shape index (κ1) is 12.4. The Morgan fingerprint density at radius 1 is 1.38 bits per heavy atom. The van der Waals surface area contributed by atoms with Crippen molar-refractivity contribution in [1.29, 1.82) is 0 Å². The Morgan fingerprint density at radius 3 is 2.50 bits per heavy atom. The number of aryl methyl sites for hydroxylation is 1. The number of Topliss-reactive ketones (excluding diaryl/α,β-unsaturated/α-hetero) is 1. The summed E-state index contributed by atoms with van der Waals surface area (Å²) in [4.78, 5) is 22.7. The smallest absolute Gasteiger partial charge is 0.338 e. The fraction of sp³-hybridized carbons (Fsp3) is 0.333. The van der Waals surface area contributed by atoms with Gasteiger partial charge in [0.2, 0.25) is 0 Å². The van der Waals surface area contributed by atoms with Gasteiger partial charge in [-0.15, -0.1) is 0 Å². The molecule has 0 radical (unpaired) electrons. The van der Waals surface area contributed by atoms with Crippen molar-refractivity contribution in [2.24, 2.45) is 5.73 Å². The van der Waals surface area contributed by atoms with Gasteiger partial charge in [-0.3, -0.25) is 4.79 Å². The van der Waals surface area contributed by atoms with Gasteiger partial charge >= 0.3 is 5.97 Å². The van der Waals surface area contributed by atoms with E-state index in [4.69, 9.17) is 5.73 Å². The van der Waals surface area contributed by atoms with Crippen LogP contribution >= 0.6 is 0 Å². The molecule has 0 aromatic heterocycles. The highest BCUT2D eigenvalue weighted by atomic mass is 16.5. The van der Waals surface area contributed by atoms with Gasteiger partial charge in [0.15, 0.2) is 5.78 Å². The quantitative estimate of drug-likeness (QED) is 0.782. The third-order valence-electron chi connectivity index (χ3n) is 2.39. The number of rotatable bonds is 3. The zero-order valence-electron chi connectivity index (χ0n) is 9.61. The van der Waals surface area contributed by atoms with E-state index in [1.807, 2.05) is 13.0 Å². The van der Waals surface area contributed by atoms with Gasteiger partial charge in [0.1, 0.15) is 0 Å². The highest BCUT2D eigenvalue weighted by Crippen LogP contribution is 2.19. The molecule has 1 rings (SSSR count). The lowest BCUT2D eigenvalue weighted by molar-refractivity contribution is -0.118. The van der Waals surface area contributed by atoms with Gasteiger partial charge < -0.3 is 10.5 Å². The predicted octanol–water partition coefficient (Wildman–Crippen LogP) is 1.37. The number of hydrogen-bond donors (Lipinski definition) is 1. The van der Waals surface area contributed by atoms with Crippen LogP contribution in [0.4, 0.5) is 0 Å². The standard InChI is InChI=1S/C12H15NO3/c1-7-4-5-9(11(13)8(2)14)10(6-7)12(15)16-3/h4-6,11H,13H2,1-3H3. The number of hydrogen-bond acceptors (Lipinski definition) is 4. The van der Waals surface area contributed by atoms with Gasteiger partial charge in [-0.2, -0.15) is 0 Å². The number of methoxy groups -OCH3 is 1. The zero-order valence-corrected chi connectivity index (χ0v) is 9.61. The van der Waals surface area contributed by atoms with Crippen molar-refractivity contribution in [3.05, 3.63) is 34.9 Å². The third kappa shape index (κ3) is 2.46. The molecule has 0 amide bonds. The minimum absolute atomic E-state index is 0.186. The van der Waals surface area contributed by atoms with E-state index in [-0.39, 0.29) is 5.78 Å². The summed E-state index contributed by atoms with van der Waals surface area (Å²) < 4.78 is 4.66. The number of ether oxygens (including phenoxy) is 1. The Hall–Kier alpha value is -1.68. The minimum Gasteiger partial charge on any atom is -0.465 e. The molecule has 0 aliphatic rings. The lowest BCUT2D eigenvalue weighted by atomic mass is 9.97. The summed E-state index contributed by atoms with van der Waals surface area (Å²) in [6, 6.07) is 4.39. The van der Waals surface area contributed by atoms with Crippen LogP contribution < -0.4 is 5.73 Å². The molecule has 0 bridgehead atoms. The molecule has 86 valence electrons. The average Bonchev–Trinajstić information content (AvgIpc) is 2.26. The molecule has 4 nitrogen and oxygen atoms in total. The molecule has 0 saturated heterocycles. The van der Waals surface area contributed by atoms with Crippen LogP contribution in [0.25, 0.3) is 0 Å². The van der Waals surface area contributed by atoms with Crippen LogP contribution in [0.3, 0.4) is 0 Å². The molecular weight excluding hydrogens is 206 g/mol. The molecule has 1 aromatic carbocycles. The summed E-state index contributed by atoms with van der Waals surface area (Å²) in [7, 11) is 1.30. The summed E-state index contributed by atoms with van der Waals surface area (Å²) >= 11 is 0. The highest BCUT2D eigenvalue weighted by Gasteiger charge is 2.19. The lowest BCUT2D eigenvalue weighted by Crippen LogP contribution is -2.22. The fourth-order valence-corrected chi connectivity index (χ4v) is 1.45. The molecule has 1 unspecified atom stereocenters. The molecule has 0 aliphatic heterocycles. The van der Waals surface area contributed by atoms with Gasteiger partial charge in [0.05, 0.1) is 18.7 Å². The van der Waals surface area contributed by atoms with Gasteiger partial charge in [-0.25, -0.2) is 4.79 Å². The molecule has 1 aromatic rings. The molecule has 1 atom stereocenters. The average molecular weight is 221 g/mol. The highest BCUT2D eigenvalue weighted by molar-refractivity contribution is 5.94. The van der Waals surface area contributed by atoms with Crippen molar-refractivity contribution in [1.82, 2.24) is 0 Å². The van der Waals surface area contributed by atoms with Crippen LogP contribution in [-0.2, 0) is 9.53 Å². The number of carbonyl (C=O) groups is 2. The number of esters is 1. The Bertz CT molecular complexity index is 426. The van der Waals surface area contributed by atoms with E-state index in [1.165, 1.54) is 14.0 Å². The number of benzene rings is 1. The van der Waals surface area contributed by atoms with Crippen molar-refractivity contribution in [3.63, 3.8) is 0 Å². The van der Waals surface area contributed by atoms with Gasteiger partial charge in [-0.1, -0.05) is 17.7 Å². The minimum atomic E-state index is -0.783. The van der Waals surface area contributed by atoms with Gasteiger partial charge in [0, 0.05) is 0 Å². The summed E-state index contributed by atoms with van der Waals surface area (Å²) in [6.45, 7) is 3.25. The summed E-state index contributed by atoms with van der Waals surface area (Å²) in [6.07, 6.45) is 0. The molecule has 16 heavy (non-hydrogen) atoms. The van der Waals surface area contributed by atoms with Crippen molar-refractivity contribution < 1.29 is 14.3 Å². The molecule has 4 heteroatoms. The van der Waals surface area contributed by atoms with Crippen LogP contribution in [0.1, 0.15) is 34.5 Å². The fourth-order valence-electron chi connectivity index (χ4n) is 1.45. The third-order valence-corrected chi connectivity index (χ3v) is 2.39. The second-order valence-corrected chi connectivity index (χ2v) is 3.67. The van der Waals surface area contributed by atoms with E-state index < -0.39 is 12.0 Å². The predicted molar refractivity (Wildman–Crippen MR) is 60.1 cm³/mol. The van der Waals surface area contributed by atoms with Crippen molar-refractivity contribution in [2.75, 3.05) is 7.11 Å². The first-order valence-corrected chi connectivity index (χ1v) is 4.92. The van der Waals surface area contributed by atoms with Crippen molar-refractivity contribution in [2.45, 2.75) is 19.9 Å².